The number of nitrogens with zero attached hydrogens (tertiary/aromatic N) is 2. The second-order valence-corrected chi connectivity index (χ2v) is 6.94. The number of aliphatic hydroxyl groups excluding tert-OH is 1. The molecule has 1 saturated heterocycles. The third-order valence-electron chi connectivity index (χ3n) is 4.34. The molecule has 0 saturated carbocycles. The van der Waals surface area contributed by atoms with Gasteiger partial charge in [0.2, 0.25) is 0 Å². The third kappa shape index (κ3) is 2.75. The van der Waals surface area contributed by atoms with Crippen LogP contribution in [0.1, 0.15) is 51.0 Å². The summed E-state index contributed by atoms with van der Waals surface area (Å²) in [6.45, 7) is 8.15. The van der Waals surface area contributed by atoms with E-state index >= 15 is 0 Å². The summed E-state index contributed by atoms with van der Waals surface area (Å²) in [5, 5.41) is 15.5. The standard InChI is InChI=1S/C15H27N3O2/c1-14(2,3)12-11(9-18(4)17-12)13(19)15(10-16)5-7-20-8-6-15/h9,13,19H,5-8,10,16H2,1-4H3. The minimum Gasteiger partial charge on any atom is -0.388 e. The molecule has 20 heavy (non-hydrogen) atoms. The van der Waals surface area contributed by atoms with Gasteiger partial charge in [0.05, 0.1) is 11.8 Å². The van der Waals surface area contributed by atoms with Gasteiger partial charge in [0.25, 0.3) is 0 Å². The largest absolute Gasteiger partial charge is 0.388 e. The van der Waals surface area contributed by atoms with Crippen LogP contribution in [0.25, 0.3) is 0 Å². The maximum atomic E-state index is 11.0. The zero-order valence-electron chi connectivity index (χ0n) is 13.0. The highest BCUT2D eigenvalue weighted by atomic mass is 16.5. The van der Waals surface area contributed by atoms with E-state index in [-0.39, 0.29) is 10.8 Å². The smallest absolute Gasteiger partial charge is 0.0893 e. The molecule has 3 N–H and O–H groups in total. The van der Waals surface area contributed by atoms with Crippen LogP contribution in [0.4, 0.5) is 0 Å². The monoisotopic (exact) mass is 281 g/mol. The van der Waals surface area contributed by atoms with Crippen LogP contribution in [0.15, 0.2) is 6.20 Å². The quantitative estimate of drug-likeness (QED) is 0.880. The van der Waals surface area contributed by atoms with Crippen LogP contribution in [0.3, 0.4) is 0 Å². The lowest BCUT2D eigenvalue weighted by atomic mass is 9.71. The Hall–Kier alpha value is -0.910. The van der Waals surface area contributed by atoms with E-state index in [4.69, 9.17) is 10.5 Å². The fraction of sp³-hybridized carbons (Fsp3) is 0.800. The Bertz CT molecular complexity index is 456. The lowest BCUT2D eigenvalue weighted by Gasteiger charge is -2.40. The second-order valence-electron chi connectivity index (χ2n) is 6.94. The van der Waals surface area contributed by atoms with E-state index in [2.05, 4.69) is 25.9 Å². The molecule has 1 atom stereocenters. The van der Waals surface area contributed by atoms with E-state index in [1.165, 1.54) is 0 Å². The van der Waals surface area contributed by atoms with E-state index in [9.17, 15) is 5.11 Å². The molecule has 0 radical (unpaired) electrons. The Morgan fingerprint density at radius 2 is 2.05 bits per heavy atom. The van der Waals surface area contributed by atoms with Gasteiger partial charge in [0.15, 0.2) is 0 Å². The van der Waals surface area contributed by atoms with Crippen LogP contribution < -0.4 is 5.73 Å². The summed E-state index contributed by atoms with van der Waals surface area (Å²) in [6, 6.07) is 0. The van der Waals surface area contributed by atoms with Crippen LogP contribution in [-0.2, 0) is 17.2 Å². The molecule has 2 heterocycles. The summed E-state index contributed by atoms with van der Waals surface area (Å²) in [6.07, 6.45) is 2.93. The van der Waals surface area contributed by atoms with Gasteiger partial charge in [-0.1, -0.05) is 20.8 Å². The van der Waals surface area contributed by atoms with Crippen molar-refractivity contribution >= 4 is 0 Å². The number of rotatable bonds is 3. The van der Waals surface area contributed by atoms with Gasteiger partial charge < -0.3 is 15.6 Å². The minimum atomic E-state index is -0.584. The molecule has 5 heteroatoms. The molecule has 1 aromatic heterocycles. The highest BCUT2D eigenvalue weighted by Gasteiger charge is 2.42. The molecule has 0 spiro atoms. The number of nitrogens with two attached hydrogens (primary N) is 1. The Morgan fingerprint density at radius 3 is 2.55 bits per heavy atom. The van der Waals surface area contributed by atoms with Gasteiger partial charge in [-0.25, -0.2) is 0 Å². The van der Waals surface area contributed by atoms with E-state index in [0.717, 1.165) is 24.1 Å². The first-order chi connectivity index (χ1) is 9.30. The van der Waals surface area contributed by atoms with Gasteiger partial charge in [0.1, 0.15) is 0 Å². The zero-order valence-corrected chi connectivity index (χ0v) is 13.0. The van der Waals surface area contributed by atoms with Crippen molar-refractivity contribution in [3.63, 3.8) is 0 Å². The summed E-state index contributed by atoms with van der Waals surface area (Å²) in [4.78, 5) is 0. The Balaban J connectivity index is 2.39. The molecule has 0 amide bonds. The number of hydrogen-bond acceptors (Lipinski definition) is 4. The molecule has 114 valence electrons. The van der Waals surface area contributed by atoms with Crippen LogP contribution in [0.2, 0.25) is 0 Å². The molecule has 2 rings (SSSR count). The summed E-state index contributed by atoms with van der Waals surface area (Å²) in [5.74, 6) is 0. The Labute approximate surface area is 121 Å². The Morgan fingerprint density at radius 1 is 1.45 bits per heavy atom. The van der Waals surface area contributed by atoms with Crippen molar-refractivity contribution < 1.29 is 9.84 Å². The van der Waals surface area contributed by atoms with Crippen molar-refractivity contribution in [1.29, 1.82) is 0 Å². The van der Waals surface area contributed by atoms with Crippen molar-refractivity contribution in [3.05, 3.63) is 17.5 Å². The Kier molecular flexibility index (Phi) is 4.23. The molecular formula is C15H27N3O2. The summed E-state index contributed by atoms with van der Waals surface area (Å²) in [5.41, 5.74) is 7.47. The van der Waals surface area contributed by atoms with E-state index in [1.807, 2.05) is 13.2 Å². The number of aryl methyl sites for hydroxylation is 1. The predicted octanol–water partition coefficient (Wildman–Crippen LogP) is 1.51. The molecule has 0 aliphatic carbocycles. The fourth-order valence-corrected chi connectivity index (χ4v) is 2.99. The first-order valence-electron chi connectivity index (χ1n) is 7.30. The van der Waals surface area contributed by atoms with Gasteiger partial charge >= 0.3 is 0 Å². The van der Waals surface area contributed by atoms with Crippen molar-refractivity contribution in [2.75, 3.05) is 19.8 Å². The SMILES string of the molecule is Cn1cc(C(O)C2(CN)CCOCC2)c(C(C)(C)C)n1. The molecule has 1 aliphatic heterocycles. The van der Waals surface area contributed by atoms with Crippen LogP contribution in [-0.4, -0.2) is 34.6 Å². The molecule has 0 aromatic carbocycles. The van der Waals surface area contributed by atoms with E-state index in [0.29, 0.717) is 19.8 Å². The third-order valence-corrected chi connectivity index (χ3v) is 4.34. The second kappa shape index (κ2) is 5.47. The first-order valence-corrected chi connectivity index (χ1v) is 7.30. The molecule has 1 aromatic rings. The molecule has 1 aliphatic rings. The zero-order chi connectivity index (χ0) is 15.0. The molecule has 1 fully saturated rings. The van der Waals surface area contributed by atoms with E-state index < -0.39 is 6.10 Å². The van der Waals surface area contributed by atoms with Gasteiger partial charge in [0, 0.05) is 49.4 Å². The summed E-state index contributed by atoms with van der Waals surface area (Å²) >= 11 is 0. The van der Waals surface area contributed by atoms with Crippen molar-refractivity contribution in [3.8, 4) is 0 Å². The average molecular weight is 281 g/mol. The van der Waals surface area contributed by atoms with Crippen LogP contribution >= 0.6 is 0 Å². The number of ether oxygens (including phenoxy) is 1. The van der Waals surface area contributed by atoms with Crippen molar-refractivity contribution in [1.82, 2.24) is 9.78 Å². The van der Waals surface area contributed by atoms with Crippen molar-refractivity contribution in [2.24, 2.45) is 18.2 Å². The minimum absolute atomic E-state index is 0.0987. The molecule has 1 unspecified atom stereocenters. The maximum Gasteiger partial charge on any atom is 0.0893 e. The van der Waals surface area contributed by atoms with Gasteiger partial charge in [-0.2, -0.15) is 5.10 Å². The highest BCUT2D eigenvalue weighted by Crippen LogP contribution is 2.44. The summed E-state index contributed by atoms with van der Waals surface area (Å²) in [7, 11) is 1.89. The normalized spacial score (nSPS) is 20.9. The van der Waals surface area contributed by atoms with Crippen LogP contribution in [0.5, 0.6) is 0 Å². The number of aliphatic hydroxyl groups is 1. The topological polar surface area (TPSA) is 73.3 Å². The van der Waals surface area contributed by atoms with Gasteiger partial charge in [-0.05, 0) is 12.8 Å². The fourth-order valence-electron chi connectivity index (χ4n) is 2.99. The lowest BCUT2D eigenvalue weighted by molar-refractivity contribution is -0.0587. The molecule has 5 nitrogen and oxygen atoms in total. The number of aromatic nitrogens is 2. The first kappa shape index (κ1) is 15.5. The van der Waals surface area contributed by atoms with Gasteiger partial charge in [-0.3, -0.25) is 4.68 Å². The lowest BCUT2D eigenvalue weighted by Crippen LogP contribution is -2.42. The highest BCUT2D eigenvalue weighted by molar-refractivity contribution is 5.28. The number of hydrogen-bond donors (Lipinski definition) is 2. The van der Waals surface area contributed by atoms with Crippen molar-refractivity contribution in [2.45, 2.75) is 45.1 Å². The van der Waals surface area contributed by atoms with E-state index in [1.54, 1.807) is 4.68 Å². The molecular weight excluding hydrogens is 254 g/mol. The average Bonchev–Trinajstić information content (AvgIpc) is 2.80. The predicted molar refractivity (Wildman–Crippen MR) is 78.4 cm³/mol. The van der Waals surface area contributed by atoms with Crippen LogP contribution in [0, 0.1) is 5.41 Å². The van der Waals surface area contributed by atoms with Gasteiger partial charge in [-0.15, -0.1) is 0 Å². The maximum absolute atomic E-state index is 11.0. The summed E-state index contributed by atoms with van der Waals surface area (Å²) < 4.78 is 7.21. The molecule has 0 bridgehead atoms.